The maximum Gasteiger partial charge on any atom is 0.239 e. The van der Waals surface area contributed by atoms with Crippen molar-refractivity contribution >= 4 is 5.91 Å². The van der Waals surface area contributed by atoms with Gasteiger partial charge in [0.1, 0.15) is 0 Å². The van der Waals surface area contributed by atoms with E-state index in [2.05, 4.69) is 17.3 Å². The van der Waals surface area contributed by atoms with E-state index in [1.165, 1.54) is 25.8 Å². The van der Waals surface area contributed by atoms with E-state index < -0.39 is 0 Å². The van der Waals surface area contributed by atoms with Gasteiger partial charge in [-0.15, -0.1) is 0 Å². The van der Waals surface area contributed by atoms with E-state index in [1.807, 2.05) is 11.9 Å². The van der Waals surface area contributed by atoms with Crippen LogP contribution in [-0.2, 0) is 4.79 Å². The van der Waals surface area contributed by atoms with Crippen LogP contribution in [0.3, 0.4) is 0 Å². The molecule has 2 heterocycles. The molecule has 2 fully saturated rings. The molecule has 0 aromatic heterocycles. The summed E-state index contributed by atoms with van der Waals surface area (Å²) < 4.78 is 0. The van der Waals surface area contributed by atoms with Gasteiger partial charge in [0.2, 0.25) is 5.91 Å². The number of likely N-dealkylation sites (N-methyl/N-ethyl adjacent to an activating group) is 2. The highest BCUT2D eigenvalue weighted by molar-refractivity contribution is 5.83. The van der Waals surface area contributed by atoms with Crippen LogP contribution in [0.25, 0.3) is 0 Å². The van der Waals surface area contributed by atoms with E-state index in [4.69, 9.17) is 0 Å². The van der Waals surface area contributed by atoms with Crippen molar-refractivity contribution in [2.45, 2.75) is 37.8 Å². The average molecular weight is 225 g/mol. The number of piperidine rings is 1. The minimum absolute atomic E-state index is 0.0697. The van der Waals surface area contributed by atoms with Gasteiger partial charge in [-0.1, -0.05) is 6.42 Å². The largest absolute Gasteiger partial charge is 0.344 e. The molecule has 0 radical (unpaired) electrons. The second-order valence-electron chi connectivity index (χ2n) is 5.14. The van der Waals surface area contributed by atoms with Crippen molar-refractivity contribution in [2.75, 3.05) is 33.7 Å². The van der Waals surface area contributed by atoms with E-state index in [0.29, 0.717) is 6.04 Å². The molecule has 4 nitrogen and oxygen atoms in total. The van der Waals surface area contributed by atoms with Crippen molar-refractivity contribution in [2.24, 2.45) is 0 Å². The summed E-state index contributed by atoms with van der Waals surface area (Å²) in [5.41, 5.74) is 0. The van der Waals surface area contributed by atoms with Crippen LogP contribution < -0.4 is 5.32 Å². The van der Waals surface area contributed by atoms with Gasteiger partial charge in [-0.25, -0.2) is 0 Å². The number of carbonyl (C=O) groups excluding carboxylic acids is 1. The Balaban J connectivity index is 1.76. The Morgan fingerprint density at radius 1 is 1.25 bits per heavy atom. The Labute approximate surface area is 98.0 Å². The molecule has 1 N–H and O–H groups in total. The van der Waals surface area contributed by atoms with Crippen molar-refractivity contribution in [1.29, 1.82) is 0 Å². The zero-order valence-electron chi connectivity index (χ0n) is 10.4. The molecule has 2 aliphatic heterocycles. The van der Waals surface area contributed by atoms with E-state index in [-0.39, 0.29) is 11.9 Å². The molecule has 0 spiro atoms. The van der Waals surface area contributed by atoms with E-state index >= 15 is 0 Å². The molecule has 2 unspecified atom stereocenters. The monoisotopic (exact) mass is 225 g/mol. The molecule has 0 aromatic rings. The topological polar surface area (TPSA) is 35.6 Å². The lowest BCUT2D eigenvalue weighted by Gasteiger charge is -2.33. The van der Waals surface area contributed by atoms with Crippen LogP contribution in [-0.4, -0.2) is 61.5 Å². The summed E-state index contributed by atoms with van der Waals surface area (Å²) in [4.78, 5) is 15.9. The Morgan fingerprint density at radius 3 is 2.69 bits per heavy atom. The average Bonchev–Trinajstić information content (AvgIpc) is 2.59. The third-order valence-electron chi connectivity index (χ3n) is 3.95. The van der Waals surface area contributed by atoms with Crippen molar-refractivity contribution in [3.63, 3.8) is 0 Å². The summed E-state index contributed by atoms with van der Waals surface area (Å²) in [6.07, 6.45) is 4.87. The molecule has 2 aliphatic rings. The first-order valence-corrected chi connectivity index (χ1v) is 6.37. The first kappa shape index (κ1) is 11.9. The van der Waals surface area contributed by atoms with Crippen LogP contribution in [0.1, 0.15) is 25.7 Å². The summed E-state index contributed by atoms with van der Waals surface area (Å²) in [6, 6.07) is 0.688. The standard InChI is InChI=1S/C12H23N3O/c1-14-7-4-3-5-10(14)9-13-11-6-8-15(2)12(11)16/h10-11,13H,3-9H2,1-2H3. The van der Waals surface area contributed by atoms with Crippen LogP contribution in [0.15, 0.2) is 0 Å². The van der Waals surface area contributed by atoms with Crippen molar-refractivity contribution in [1.82, 2.24) is 15.1 Å². The highest BCUT2D eigenvalue weighted by Crippen LogP contribution is 2.15. The van der Waals surface area contributed by atoms with Crippen molar-refractivity contribution < 1.29 is 4.79 Å². The van der Waals surface area contributed by atoms with E-state index in [1.54, 1.807) is 0 Å². The molecule has 4 heteroatoms. The number of hydrogen-bond acceptors (Lipinski definition) is 3. The normalized spacial score (nSPS) is 32.4. The number of nitrogens with zero attached hydrogens (tertiary/aromatic N) is 2. The summed E-state index contributed by atoms with van der Waals surface area (Å²) in [6.45, 7) is 3.06. The molecule has 0 aromatic carbocycles. The predicted octanol–water partition coefficient (Wildman–Crippen LogP) is 0.291. The van der Waals surface area contributed by atoms with Gasteiger partial charge in [0.05, 0.1) is 6.04 Å². The van der Waals surface area contributed by atoms with Gasteiger partial charge in [-0.05, 0) is 32.9 Å². The fraction of sp³-hybridized carbons (Fsp3) is 0.917. The van der Waals surface area contributed by atoms with Crippen molar-refractivity contribution in [3.8, 4) is 0 Å². The first-order chi connectivity index (χ1) is 7.68. The van der Waals surface area contributed by atoms with Gasteiger partial charge in [0.15, 0.2) is 0 Å². The number of likely N-dealkylation sites (tertiary alicyclic amines) is 2. The molecule has 0 bridgehead atoms. The maximum atomic E-state index is 11.7. The van der Waals surface area contributed by atoms with Gasteiger partial charge in [0, 0.05) is 26.2 Å². The number of hydrogen-bond donors (Lipinski definition) is 1. The summed E-state index contributed by atoms with van der Waals surface area (Å²) in [7, 11) is 4.07. The van der Waals surface area contributed by atoms with Crippen molar-refractivity contribution in [3.05, 3.63) is 0 Å². The quantitative estimate of drug-likeness (QED) is 0.750. The molecular formula is C12H23N3O. The maximum absolute atomic E-state index is 11.7. The van der Waals surface area contributed by atoms with Gasteiger partial charge < -0.3 is 15.1 Å². The summed E-state index contributed by atoms with van der Waals surface area (Å²) >= 11 is 0. The minimum Gasteiger partial charge on any atom is -0.344 e. The molecule has 1 amide bonds. The lowest BCUT2D eigenvalue weighted by Crippen LogP contribution is -2.47. The van der Waals surface area contributed by atoms with Crippen LogP contribution in [0.2, 0.25) is 0 Å². The molecular weight excluding hydrogens is 202 g/mol. The second kappa shape index (κ2) is 5.15. The molecule has 2 atom stereocenters. The highest BCUT2D eigenvalue weighted by Gasteiger charge is 2.29. The zero-order valence-corrected chi connectivity index (χ0v) is 10.4. The second-order valence-corrected chi connectivity index (χ2v) is 5.14. The Hall–Kier alpha value is -0.610. The third-order valence-corrected chi connectivity index (χ3v) is 3.95. The molecule has 92 valence electrons. The Morgan fingerprint density at radius 2 is 2.06 bits per heavy atom. The zero-order chi connectivity index (χ0) is 11.5. The molecule has 0 saturated carbocycles. The van der Waals surface area contributed by atoms with Crippen LogP contribution in [0.4, 0.5) is 0 Å². The first-order valence-electron chi connectivity index (χ1n) is 6.37. The van der Waals surface area contributed by atoms with Gasteiger partial charge in [-0.3, -0.25) is 4.79 Å². The number of rotatable bonds is 3. The van der Waals surface area contributed by atoms with Gasteiger partial charge in [-0.2, -0.15) is 0 Å². The number of amides is 1. The predicted molar refractivity (Wildman–Crippen MR) is 64.3 cm³/mol. The lowest BCUT2D eigenvalue weighted by molar-refractivity contribution is -0.128. The van der Waals surface area contributed by atoms with Gasteiger partial charge >= 0.3 is 0 Å². The van der Waals surface area contributed by atoms with Crippen LogP contribution in [0, 0.1) is 0 Å². The SMILES string of the molecule is CN1CCC(NCC2CCCCN2C)C1=O. The number of nitrogens with one attached hydrogen (secondary N) is 1. The van der Waals surface area contributed by atoms with Crippen LogP contribution in [0.5, 0.6) is 0 Å². The van der Waals surface area contributed by atoms with Crippen LogP contribution >= 0.6 is 0 Å². The molecule has 0 aliphatic carbocycles. The lowest BCUT2D eigenvalue weighted by atomic mass is 10.0. The number of carbonyl (C=O) groups is 1. The van der Waals surface area contributed by atoms with Gasteiger partial charge in [0.25, 0.3) is 0 Å². The summed E-state index contributed by atoms with van der Waals surface area (Å²) in [5, 5.41) is 3.43. The summed E-state index contributed by atoms with van der Waals surface area (Å²) in [5.74, 6) is 0.262. The van der Waals surface area contributed by atoms with E-state index in [9.17, 15) is 4.79 Å². The fourth-order valence-corrected chi connectivity index (χ4v) is 2.69. The van der Waals surface area contributed by atoms with E-state index in [0.717, 1.165) is 19.5 Å². The molecule has 2 rings (SSSR count). The highest BCUT2D eigenvalue weighted by atomic mass is 16.2. The molecule has 16 heavy (non-hydrogen) atoms. The minimum atomic E-state index is 0.0697. The third kappa shape index (κ3) is 2.55. The Kier molecular flexibility index (Phi) is 3.82. The molecule has 2 saturated heterocycles. The smallest absolute Gasteiger partial charge is 0.239 e. The Bertz CT molecular complexity index is 257. The fourth-order valence-electron chi connectivity index (χ4n) is 2.69.